The van der Waals surface area contributed by atoms with Gasteiger partial charge in [-0.25, -0.2) is 5.90 Å². The molecule has 1 atom stereocenters. The van der Waals surface area contributed by atoms with Crippen LogP contribution in [0.1, 0.15) is 17.2 Å². The molecule has 0 spiro atoms. The van der Waals surface area contributed by atoms with Gasteiger partial charge >= 0.3 is 0 Å². The van der Waals surface area contributed by atoms with E-state index in [-0.39, 0.29) is 18.5 Å². The highest BCUT2D eigenvalue weighted by Gasteiger charge is 2.13. The Labute approximate surface area is 99.1 Å². The summed E-state index contributed by atoms with van der Waals surface area (Å²) in [4.78, 5) is 4.99. The van der Waals surface area contributed by atoms with Gasteiger partial charge in [0.2, 0.25) is 0 Å². The zero-order valence-corrected chi connectivity index (χ0v) is 9.63. The van der Waals surface area contributed by atoms with E-state index >= 15 is 0 Å². The maximum Gasteiger partial charge on any atom is 0.130 e. The molecule has 0 bridgehead atoms. The molecule has 2 aromatic rings. The summed E-state index contributed by atoms with van der Waals surface area (Å²) in [6.07, 6.45) is -0.151. The number of benzene rings is 1. The van der Waals surface area contributed by atoms with Gasteiger partial charge in [0.15, 0.2) is 0 Å². The number of nitrogens with two attached hydrogens (primary N) is 1. The summed E-state index contributed by atoms with van der Waals surface area (Å²) < 4.78 is 0. The lowest BCUT2D eigenvalue weighted by Gasteiger charge is -2.12. The zero-order valence-electron chi connectivity index (χ0n) is 8.00. The fourth-order valence-corrected chi connectivity index (χ4v) is 2.08. The van der Waals surface area contributed by atoms with Gasteiger partial charge in [-0.3, -0.25) is 4.84 Å². The molecule has 1 aromatic carbocycles. The predicted octanol–water partition coefficient (Wildman–Crippen LogP) is 3.15. The van der Waals surface area contributed by atoms with Crippen molar-refractivity contribution in [1.82, 2.24) is 0 Å². The van der Waals surface area contributed by atoms with E-state index in [0.717, 1.165) is 11.1 Å². The largest absolute Gasteiger partial charge is 0.292 e. The molecule has 15 heavy (non-hydrogen) atoms. The quantitative estimate of drug-likeness (QED) is 0.838. The highest BCUT2D eigenvalue weighted by Crippen LogP contribution is 2.25. The van der Waals surface area contributed by atoms with Gasteiger partial charge in [-0.05, 0) is 28.0 Å². The maximum atomic E-state index is 5.30. The van der Waals surface area contributed by atoms with Crippen molar-refractivity contribution >= 4 is 23.7 Å². The Bertz CT molecular complexity index is 377. The Morgan fingerprint density at radius 2 is 1.80 bits per heavy atom. The van der Waals surface area contributed by atoms with Crippen LogP contribution in [-0.4, -0.2) is 0 Å². The molecule has 2 rings (SSSR count). The van der Waals surface area contributed by atoms with Crippen LogP contribution >= 0.6 is 23.7 Å². The summed E-state index contributed by atoms with van der Waals surface area (Å²) in [5, 5.41) is 4.06. The molecule has 2 N–H and O–H groups in total. The standard InChI is InChI=1S/C11H11NOS.ClH/c12-13-11(10-6-7-14-8-10)9-4-2-1-3-5-9;/h1-8,11H,12H2;1H. The SMILES string of the molecule is Cl.NOC(c1ccccc1)c1ccsc1. The van der Waals surface area contributed by atoms with E-state index in [4.69, 9.17) is 10.7 Å². The summed E-state index contributed by atoms with van der Waals surface area (Å²) in [7, 11) is 0. The van der Waals surface area contributed by atoms with Crippen molar-refractivity contribution in [2.45, 2.75) is 6.10 Å². The molecule has 0 saturated carbocycles. The first-order chi connectivity index (χ1) is 6.92. The number of rotatable bonds is 3. The molecular weight excluding hydrogens is 230 g/mol. The molecule has 1 heterocycles. The van der Waals surface area contributed by atoms with Crippen molar-refractivity contribution in [2.75, 3.05) is 0 Å². The second kappa shape index (κ2) is 5.88. The summed E-state index contributed by atoms with van der Waals surface area (Å²) in [5.74, 6) is 5.30. The van der Waals surface area contributed by atoms with Crippen LogP contribution in [0, 0.1) is 0 Å². The molecule has 0 fully saturated rings. The van der Waals surface area contributed by atoms with Crippen LogP contribution < -0.4 is 5.90 Å². The van der Waals surface area contributed by atoms with Gasteiger partial charge in [0.25, 0.3) is 0 Å². The number of halogens is 1. The minimum absolute atomic E-state index is 0. The van der Waals surface area contributed by atoms with Crippen molar-refractivity contribution in [3.05, 3.63) is 58.3 Å². The van der Waals surface area contributed by atoms with E-state index < -0.39 is 0 Å². The molecule has 0 aliphatic carbocycles. The molecular formula is C11H12ClNOS. The number of thiophene rings is 1. The molecule has 0 saturated heterocycles. The van der Waals surface area contributed by atoms with E-state index in [2.05, 4.69) is 0 Å². The maximum absolute atomic E-state index is 5.30. The van der Waals surface area contributed by atoms with Crippen molar-refractivity contribution in [3.8, 4) is 0 Å². The Kier molecular flexibility index (Phi) is 4.78. The van der Waals surface area contributed by atoms with Gasteiger partial charge in [0.05, 0.1) is 0 Å². The highest BCUT2D eigenvalue weighted by molar-refractivity contribution is 7.07. The van der Waals surface area contributed by atoms with Crippen LogP contribution in [0.3, 0.4) is 0 Å². The Morgan fingerprint density at radius 3 is 2.33 bits per heavy atom. The topological polar surface area (TPSA) is 35.2 Å². The first-order valence-corrected chi connectivity index (χ1v) is 5.28. The van der Waals surface area contributed by atoms with E-state index in [9.17, 15) is 0 Å². The summed E-state index contributed by atoms with van der Waals surface area (Å²) in [6.45, 7) is 0. The highest BCUT2D eigenvalue weighted by atomic mass is 35.5. The van der Waals surface area contributed by atoms with E-state index in [1.165, 1.54) is 0 Å². The fraction of sp³-hybridized carbons (Fsp3) is 0.0909. The molecule has 0 radical (unpaired) electrons. The van der Waals surface area contributed by atoms with Crippen LogP contribution in [0.5, 0.6) is 0 Å². The first-order valence-electron chi connectivity index (χ1n) is 4.34. The molecule has 2 nitrogen and oxygen atoms in total. The summed E-state index contributed by atoms with van der Waals surface area (Å²) >= 11 is 1.64. The second-order valence-electron chi connectivity index (χ2n) is 2.98. The monoisotopic (exact) mass is 241 g/mol. The normalized spacial score (nSPS) is 11.8. The van der Waals surface area contributed by atoms with Gasteiger partial charge in [-0.1, -0.05) is 30.3 Å². The smallest absolute Gasteiger partial charge is 0.130 e. The lowest BCUT2D eigenvalue weighted by atomic mass is 10.0. The van der Waals surface area contributed by atoms with Crippen molar-refractivity contribution in [3.63, 3.8) is 0 Å². The predicted molar refractivity (Wildman–Crippen MR) is 65.1 cm³/mol. The second-order valence-corrected chi connectivity index (χ2v) is 3.76. The summed E-state index contributed by atoms with van der Waals surface area (Å²) in [6, 6.07) is 12.0. The average molecular weight is 242 g/mol. The minimum atomic E-state index is -0.151. The van der Waals surface area contributed by atoms with Crippen molar-refractivity contribution < 1.29 is 4.84 Å². The van der Waals surface area contributed by atoms with Crippen molar-refractivity contribution in [1.29, 1.82) is 0 Å². The van der Waals surface area contributed by atoms with Crippen LogP contribution in [0.2, 0.25) is 0 Å². The van der Waals surface area contributed by atoms with E-state index in [1.807, 2.05) is 47.2 Å². The average Bonchev–Trinajstić information content (AvgIpc) is 2.74. The van der Waals surface area contributed by atoms with Crippen LogP contribution in [-0.2, 0) is 4.84 Å². The lowest BCUT2D eigenvalue weighted by molar-refractivity contribution is 0.0816. The molecule has 0 aliphatic rings. The summed E-state index contributed by atoms with van der Waals surface area (Å²) in [5.41, 5.74) is 2.18. The van der Waals surface area contributed by atoms with Gasteiger partial charge in [-0.2, -0.15) is 11.3 Å². The third kappa shape index (κ3) is 2.79. The molecule has 0 aliphatic heterocycles. The van der Waals surface area contributed by atoms with E-state index in [1.54, 1.807) is 11.3 Å². The Morgan fingerprint density at radius 1 is 1.07 bits per heavy atom. The molecule has 80 valence electrons. The van der Waals surface area contributed by atoms with Crippen LogP contribution in [0.4, 0.5) is 0 Å². The third-order valence-electron chi connectivity index (χ3n) is 2.08. The minimum Gasteiger partial charge on any atom is -0.292 e. The third-order valence-corrected chi connectivity index (χ3v) is 2.79. The molecule has 0 amide bonds. The fourth-order valence-electron chi connectivity index (χ4n) is 1.40. The Balaban J connectivity index is 0.00000112. The van der Waals surface area contributed by atoms with Crippen molar-refractivity contribution in [2.24, 2.45) is 5.90 Å². The molecule has 1 aromatic heterocycles. The van der Waals surface area contributed by atoms with E-state index in [0.29, 0.717) is 0 Å². The van der Waals surface area contributed by atoms with Gasteiger partial charge < -0.3 is 0 Å². The van der Waals surface area contributed by atoms with Crippen LogP contribution in [0.25, 0.3) is 0 Å². The molecule has 1 unspecified atom stereocenters. The van der Waals surface area contributed by atoms with Gasteiger partial charge in [0.1, 0.15) is 6.10 Å². The van der Waals surface area contributed by atoms with Crippen LogP contribution in [0.15, 0.2) is 47.2 Å². The lowest BCUT2D eigenvalue weighted by Crippen LogP contribution is -2.09. The van der Waals surface area contributed by atoms with Gasteiger partial charge in [0, 0.05) is 0 Å². The number of hydrogen-bond donors (Lipinski definition) is 1. The molecule has 4 heteroatoms. The first kappa shape index (κ1) is 12.2. The zero-order chi connectivity index (χ0) is 9.80. The number of hydrogen-bond acceptors (Lipinski definition) is 3. The van der Waals surface area contributed by atoms with Gasteiger partial charge in [-0.15, -0.1) is 12.4 Å². The Hall–Kier alpha value is -0.870.